The van der Waals surface area contributed by atoms with E-state index in [1.165, 1.54) is 19.4 Å². The summed E-state index contributed by atoms with van der Waals surface area (Å²) in [6, 6.07) is 12.6. The van der Waals surface area contributed by atoms with Crippen LogP contribution < -0.4 is 19.5 Å². The number of ether oxygens (including phenoxy) is 4. The average molecular weight is 539 g/mol. The van der Waals surface area contributed by atoms with Crippen LogP contribution in [-0.2, 0) is 9.53 Å². The van der Waals surface area contributed by atoms with Gasteiger partial charge in [-0.1, -0.05) is 36.5 Å². The van der Waals surface area contributed by atoms with Crippen molar-refractivity contribution >= 4 is 23.2 Å². The lowest BCUT2D eigenvalue weighted by atomic mass is 9.85. The largest absolute Gasteiger partial charge is 0.503 e. The van der Waals surface area contributed by atoms with E-state index in [9.17, 15) is 9.90 Å². The van der Waals surface area contributed by atoms with Crippen molar-refractivity contribution in [3.8, 4) is 23.0 Å². The molecule has 0 aliphatic heterocycles. The van der Waals surface area contributed by atoms with Gasteiger partial charge in [0.15, 0.2) is 11.5 Å². The quantitative estimate of drug-likeness (QED) is 0.277. The number of carbonyl (C=O) groups is 1. The van der Waals surface area contributed by atoms with Crippen LogP contribution in [0.25, 0.3) is 0 Å². The Bertz CT molecular complexity index is 1260. The van der Waals surface area contributed by atoms with Crippen LogP contribution in [0.1, 0.15) is 47.7 Å². The normalized spacial score (nSPS) is 12.4. The number of aryl methyl sites for hydroxylation is 2. The summed E-state index contributed by atoms with van der Waals surface area (Å²) in [5.41, 5.74) is 3.93. The lowest BCUT2D eigenvalue weighted by Gasteiger charge is -2.29. The number of aromatic nitrogens is 1. The van der Waals surface area contributed by atoms with Crippen molar-refractivity contribution in [3.63, 3.8) is 0 Å². The van der Waals surface area contributed by atoms with Crippen molar-refractivity contribution in [3.05, 3.63) is 76.6 Å². The van der Waals surface area contributed by atoms with Gasteiger partial charge in [-0.25, -0.2) is 9.78 Å². The van der Waals surface area contributed by atoms with E-state index in [0.717, 1.165) is 22.3 Å². The summed E-state index contributed by atoms with van der Waals surface area (Å²) in [4.78, 5) is 17.4. The van der Waals surface area contributed by atoms with Crippen molar-refractivity contribution in [2.75, 3.05) is 21.3 Å². The molecule has 0 saturated carbocycles. The zero-order valence-electron chi connectivity index (χ0n) is 22.7. The van der Waals surface area contributed by atoms with Crippen molar-refractivity contribution in [1.29, 1.82) is 0 Å². The first-order valence-electron chi connectivity index (χ1n) is 12.1. The second kappa shape index (κ2) is 12.6. The maximum Gasteiger partial charge on any atom is 0.328 e. The molecule has 8 nitrogen and oxygen atoms in total. The van der Waals surface area contributed by atoms with Crippen molar-refractivity contribution in [2.24, 2.45) is 0 Å². The molecule has 0 saturated heterocycles. The molecule has 0 radical (unpaired) electrons. The van der Waals surface area contributed by atoms with Gasteiger partial charge < -0.3 is 29.4 Å². The number of hydrogen-bond donors (Lipinski definition) is 2. The average Bonchev–Trinajstić information content (AvgIpc) is 2.90. The molecule has 38 heavy (non-hydrogen) atoms. The number of nitrogens with zero attached hydrogens (tertiary/aromatic N) is 1. The first kappa shape index (κ1) is 28.7. The fourth-order valence-electron chi connectivity index (χ4n) is 4.27. The monoisotopic (exact) mass is 538 g/mol. The molecule has 2 aromatic carbocycles. The fourth-order valence-corrected chi connectivity index (χ4v) is 4.59. The van der Waals surface area contributed by atoms with Crippen LogP contribution >= 0.6 is 12.2 Å². The molecule has 9 heteroatoms. The van der Waals surface area contributed by atoms with Crippen molar-refractivity contribution in [1.82, 2.24) is 10.3 Å². The van der Waals surface area contributed by atoms with Crippen LogP contribution in [0.3, 0.4) is 0 Å². The Hall–Kier alpha value is -3.85. The van der Waals surface area contributed by atoms with Gasteiger partial charge in [0.1, 0.15) is 34.3 Å². The number of thiocarbonyl (C=S) groups is 1. The number of carbonyl (C=O) groups excluding carboxylic acids is 1. The molecule has 0 spiro atoms. The molecular formula is C29H34N2O6S. The zero-order valence-corrected chi connectivity index (χ0v) is 23.5. The summed E-state index contributed by atoms with van der Waals surface area (Å²) in [6.45, 7) is 7.44. The number of esters is 1. The van der Waals surface area contributed by atoms with Gasteiger partial charge in [0.25, 0.3) is 0 Å². The van der Waals surface area contributed by atoms with E-state index in [1.807, 2.05) is 57.2 Å². The van der Waals surface area contributed by atoms with Crippen molar-refractivity contribution in [2.45, 2.75) is 45.8 Å². The van der Waals surface area contributed by atoms with E-state index in [2.05, 4.69) is 10.3 Å². The molecule has 3 aromatic rings. The van der Waals surface area contributed by atoms with E-state index in [1.54, 1.807) is 21.1 Å². The lowest BCUT2D eigenvalue weighted by Crippen LogP contribution is -2.41. The number of aromatic hydroxyl groups is 1. The summed E-state index contributed by atoms with van der Waals surface area (Å²) in [7, 11) is 4.67. The minimum absolute atomic E-state index is 0.0930. The van der Waals surface area contributed by atoms with E-state index in [4.69, 9.17) is 31.2 Å². The summed E-state index contributed by atoms with van der Waals surface area (Å²) in [5, 5.41) is 13.3. The molecule has 0 amide bonds. The summed E-state index contributed by atoms with van der Waals surface area (Å²) in [6.07, 6.45) is 0.860. The third-order valence-corrected chi connectivity index (χ3v) is 6.55. The third kappa shape index (κ3) is 6.34. The molecule has 0 fully saturated rings. The minimum atomic E-state index is -0.821. The van der Waals surface area contributed by atoms with E-state index in [-0.39, 0.29) is 28.1 Å². The Morgan fingerprint density at radius 2 is 1.42 bits per heavy atom. The van der Waals surface area contributed by atoms with Crippen LogP contribution in [0.2, 0.25) is 0 Å². The topological polar surface area (TPSA) is 99.1 Å². The molecule has 2 atom stereocenters. The van der Waals surface area contributed by atoms with E-state index < -0.39 is 18.1 Å². The molecule has 202 valence electrons. The van der Waals surface area contributed by atoms with Gasteiger partial charge >= 0.3 is 5.97 Å². The number of benzene rings is 2. The second-order valence-corrected chi connectivity index (χ2v) is 9.42. The second-order valence-electron chi connectivity index (χ2n) is 9.02. The number of methoxy groups -OCH3 is 3. The van der Waals surface area contributed by atoms with Gasteiger partial charge in [0.2, 0.25) is 0 Å². The van der Waals surface area contributed by atoms with Crippen LogP contribution in [-0.4, -0.2) is 54.5 Å². The van der Waals surface area contributed by atoms with Crippen LogP contribution in [0.4, 0.5) is 0 Å². The smallest absolute Gasteiger partial charge is 0.328 e. The highest BCUT2D eigenvalue weighted by Gasteiger charge is 2.31. The molecule has 0 aliphatic carbocycles. The molecule has 3 rings (SSSR count). The van der Waals surface area contributed by atoms with Gasteiger partial charge in [-0.05, 0) is 51.0 Å². The molecule has 2 N–H and O–H groups in total. The first-order valence-corrected chi connectivity index (χ1v) is 12.5. The van der Waals surface area contributed by atoms with Crippen LogP contribution in [0.15, 0.2) is 48.7 Å². The van der Waals surface area contributed by atoms with Gasteiger partial charge in [-0.15, -0.1) is 0 Å². The maximum atomic E-state index is 13.2. The molecule has 0 unspecified atom stereocenters. The van der Waals surface area contributed by atoms with E-state index in [0.29, 0.717) is 11.5 Å². The molecular weight excluding hydrogens is 504 g/mol. The summed E-state index contributed by atoms with van der Waals surface area (Å²) >= 11 is 5.39. The number of pyridine rings is 1. The molecule has 1 aromatic heterocycles. The Kier molecular flexibility index (Phi) is 9.52. The van der Waals surface area contributed by atoms with Crippen molar-refractivity contribution < 1.29 is 28.8 Å². The number of hydrogen-bond acceptors (Lipinski definition) is 8. The van der Waals surface area contributed by atoms with E-state index >= 15 is 0 Å². The number of nitrogens with one attached hydrogen (secondary N) is 1. The Morgan fingerprint density at radius 1 is 0.895 bits per heavy atom. The Morgan fingerprint density at radius 3 is 1.92 bits per heavy atom. The predicted molar refractivity (Wildman–Crippen MR) is 150 cm³/mol. The van der Waals surface area contributed by atoms with Gasteiger partial charge in [0, 0.05) is 23.4 Å². The maximum absolute atomic E-state index is 13.2. The standard InChI is InChI=1S/C29H34N2O6S/c1-16-8-10-20(23(14-16)35-6)25(21-11-9-17(2)15-24(21)36-7)19(4)37-29(33)18(3)31-28(38)26-27(32)22(34-5)12-13-30-26/h8-15,18-19,25,32H,1-7H3,(H,31,38)/t18-,19-/m0/s1. The molecule has 0 aliphatic rings. The highest BCUT2D eigenvalue weighted by Crippen LogP contribution is 2.40. The lowest BCUT2D eigenvalue weighted by molar-refractivity contribution is -0.150. The van der Waals surface area contributed by atoms with Crippen LogP contribution in [0, 0.1) is 13.8 Å². The highest BCUT2D eigenvalue weighted by atomic mass is 32.1. The molecule has 0 bridgehead atoms. The Labute approximate surface area is 228 Å². The van der Waals surface area contributed by atoms with Gasteiger partial charge in [-0.3, -0.25) is 0 Å². The first-order chi connectivity index (χ1) is 18.1. The molecule has 1 heterocycles. The van der Waals surface area contributed by atoms with Gasteiger partial charge in [0.05, 0.1) is 27.2 Å². The highest BCUT2D eigenvalue weighted by molar-refractivity contribution is 7.80. The fraction of sp³-hybridized carbons (Fsp3) is 0.345. The summed E-state index contributed by atoms with van der Waals surface area (Å²) < 4.78 is 22.5. The minimum Gasteiger partial charge on any atom is -0.503 e. The summed E-state index contributed by atoms with van der Waals surface area (Å²) in [5.74, 6) is 0.488. The Balaban J connectivity index is 1.89. The van der Waals surface area contributed by atoms with Gasteiger partial charge in [-0.2, -0.15) is 0 Å². The zero-order chi connectivity index (χ0) is 28.0. The SMILES string of the molecule is COc1cc(C)ccc1C(c1ccc(C)cc1OC)[C@H](C)OC(=O)[C@H](C)NC(=S)c1nccc(OC)c1O. The third-order valence-electron chi connectivity index (χ3n) is 6.24. The predicted octanol–water partition coefficient (Wildman–Crippen LogP) is 4.85. The number of rotatable bonds is 10. The van der Waals surface area contributed by atoms with Crippen LogP contribution in [0.5, 0.6) is 23.0 Å².